The number of imidazole rings is 1. The number of esters is 1. The van der Waals surface area contributed by atoms with E-state index in [2.05, 4.69) is 49.1 Å². The number of nitrogens with one attached hydrogen (secondary N) is 2. The van der Waals surface area contributed by atoms with Crippen LogP contribution in [0, 0.1) is 0 Å². The number of ether oxygens (including phenoxy) is 3. The smallest absolute Gasteiger partial charge is 0.307 e. The number of aromatic nitrogens is 4. The minimum absolute atomic E-state index is 0.0740. The van der Waals surface area contributed by atoms with E-state index in [0.29, 0.717) is 12.1 Å². The second kappa shape index (κ2) is 13.9. The molecule has 262 valence electrons. The summed E-state index contributed by atoms with van der Waals surface area (Å²) in [6.45, 7) is 12.5. The van der Waals surface area contributed by atoms with Gasteiger partial charge in [0, 0.05) is 12.8 Å². The third-order valence-corrected chi connectivity index (χ3v) is 14.3. The van der Waals surface area contributed by atoms with Gasteiger partial charge in [-0.05, 0) is 47.0 Å². The number of methoxy groups -OCH3 is 1. The first kappa shape index (κ1) is 35.1. The molecule has 2 aromatic heterocycles. The van der Waals surface area contributed by atoms with Crippen LogP contribution in [0.5, 0.6) is 5.75 Å². The Kier molecular flexibility index (Phi) is 9.71. The van der Waals surface area contributed by atoms with Crippen LogP contribution in [-0.4, -0.2) is 53.3 Å². The average molecular weight is 696 g/mol. The van der Waals surface area contributed by atoms with E-state index in [1.807, 2.05) is 84.9 Å². The van der Waals surface area contributed by atoms with E-state index >= 15 is 0 Å². The molecule has 1 fully saturated rings. The molecule has 0 radical (unpaired) electrons. The van der Waals surface area contributed by atoms with Crippen molar-refractivity contribution < 1.29 is 23.4 Å². The van der Waals surface area contributed by atoms with Gasteiger partial charge in [0.2, 0.25) is 12.2 Å². The number of aromatic amines is 1. The van der Waals surface area contributed by atoms with Crippen LogP contribution in [0.15, 0.2) is 96.1 Å². The normalized spacial score (nSPS) is 18.3. The van der Waals surface area contributed by atoms with Gasteiger partial charge in [0.15, 0.2) is 19.5 Å². The number of fused-ring (bicyclic) bond motifs is 1. The molecule has 3 atom stereocenters. The lowest BCUT2D eigenvalue weighted by Gasteiger charge is -2.39. The zero-order chi connectivity index (χ0) is 35.7. The van der Waals surface area contributed by atoms with Crippen molar-refractivity contribution >= 4 is 31.4 Å². The van der Waals surface area contributed by atoms with Gasteiger partial charge in [-0.25, -0.2) is 4.98 Å². The highest BCUT2D eigenvalue weighted by atomic mass is 28.4. The molecule has 3 aromatic carbocycles. The highest BCUT2D eigenvalue weighted by Crippen LogP contribution is 2.43. The number of H-pyrrole nitrogens is 1. The van der Waals surface area contributed by atoms with Crippen molar-refractivity contribution in [1.82, 2.24) is 19.5 Å². The van der Waals surface area contributed by atoms with E-state index in [1.165, 1.54) is 0 Å². The van der Waals surface area contributed by atoms with E-state index in [0.717, 1.165) is 22.4 Å². The second-order valence-corrected chi connectivity index (χ2v) is 18.8. The summed E-state index contributed by atoms with van der Waals surface area (Å²) in [5.74, 6) is 0.567. The lowest BCUT2D eigenvalue weighted by Crippen LogP contribution is -2.46. The predicted molar refractivity (Wildman–Crippen MR) is 195 cm³/mol. The third kappa shape index (κ3) is 6.70. The Morgan fingerprint density at radius 2 is 1.58 bits per heavy atom. The highest BCUT2D eigenvalue weighted by Gasteiger charge is 2.47. The summed E-state index contributed by atoms with van der Waals surface area (Å²) in [5.41, 5.74) is 1.84. The molecule has 50 heavy (non-hydrogen) atoms. The average Bonchev–Trinajstić information content (AvgIpc) is 3.71. The summed E-state index contributed by atoms with van der Waals surface area (Å²) in [4.78, 5) is 38.4. The molecule has 1 aliphatic heterocycles. The SMILES string of the molecule is CCC(=O)O[C@H]1O[C@@H](n2cnc3c(=O)[nH]c(NC(c4ccccc4)(c4ccccc4)c4ccc(OC)cc4)nc32)C[C@@H]1O[Si](C)(C)C(C)(C)C. The van der Waals surface area contributed by atoms with Crippen LogP contribution in [0.3, 0.4) is 0 Å². The fourth-order valence-electron chi connectivity index (χ4n) is 6.07. The van der Waals surface area contributed by atoms with E-state index in [-0.39, 0.29) is 28.9 Å². The quantitative estimate of drug-likeness (QED) is 0.0843. The second-order valence-electron chi connectivity index (χ2n) is 14.0. The van der Waals surface area contributed by atoms with Gasteiger partial charge >= 0.3 is 5.97 Å². The Balaban J connectivity index is 1.44. The highest BCUT2D eigenvalue weighted by molar-refractivity contribution is 6.74. The zero-order valence-electron chi connectivity index (χ0n) is 29.6. The molecule has 0 saturated carbocycles. The third-order valence-electron chi connectivity index (χ3n) is 9.80. The van der Waals surface area contributed by atoms with Gasteiger partial charge in [-0.3, -0.25) is 19.1 Å². The van der Waals surface area contributed by atoms with Gasteiger partial charge in [-0.1, -0.05) is 100 Å². The summed E-state index contributed by atoms with van der Waals surface area (Å²) in [6, 6.07) is 27.8. The van der Waals surface area contributed by atoms with Gasteiger partial charge in [0.25, 0.3) is 5.56 Å². The lowest BCUT2D eigenvalue weighted by molar-refractivity contribution is -0.191. The number of carbonyl (C=O) groups is 1. The molecule has 2 N–H and O–H groups in total. The van der Waals surface area contributed by atoms with E-state index in [1.54, 1.807) is 24.9 Å². The molecular weight excluding hydrogens is 651 g/mol. The fourth-order valence-corrected chi connectivity index (χ4v) is 7.39. The van der Waals surface area contributed by atoms with Crippen LogP contribution in [-0.2, 0) is 24.2 Å². The van der Waals surface area contributed by atoms with Crippen molar-refractivity contribution in [2.24, 2.45) is 0 Å². The maximum Gasteiger partial charge on any atom is 0.307 e. The molecule has 1 saturated heterocycles. The Bertz CT molecular complexity index is 1950. The monoisotopic (exact) mass is 695 g/mol. The number of rotatable bonds is 11. The molecule has 0 unspecified atom stereocenters. The van der Waals surface area contributed by atoms with Gasteiger partial charge in [-0.2, -0.15) is 4.98 Å². The number of anilines is 1. The van der Waals surface area contributed by atoms with Crippen LogP contribution in [0.25, 0.3) is 11.2 Å². The molecule has 11 nitrogen and oxygen atoms in total. The van der Waals surface area contributed by atoms with Crippen molar-refractivity contribution in [3.63, 3.8) is 0 Å². The standard InChI is InChI=1S/C38H45N5O6Si/c1-8-31(44)48-35-29(49-50(6,7)37(2,3)4)23-30(47-35)43-24-39-32-33(43)40-36(41-34(32)45)42-38(25-15-11-9-12-16-25,26-17-13-10-14-18-26)27-19-21-28(46-5)22-20-27/h9-22,24,29-30,35H,8,23H2,1-7H3,(H2,40,41,42,45)/t29-,30+,35+/m0/s1. The molecule has 0 bridgehead atoms. The number of benzene rings is 3. The van der Waals surface area contributed by atoms with Crippen molar-refractivity contribution in [1.29, 1.82) is 0 Å². The number of carbonyl (C=O) groups excluding carboxylic acids is 1. The molecule has 12 heteroatoms. The molecule has 0 spiro atoms. The van der Waals surface area contributed by atoms with Crippen LogP contribution in [0.4, 0.5) is 5.95 Å². The molecule has 3 heterocycles. The molecule has 0 amide bonds. The number of hydrogen-bond acceptors (Lipinski definition) is 9. The Morgan fingerprint density at radius 3 is 2.14 bits per heavy atom. The summed E-state index contributed by atoms with van der Waals surface area (Å²) < 4.78 is 26.0. The molecule has 5 aromatic rings. The van der Waals surface area contributed by atoms with Crippen LogP contribution < -0.4 is 15.6 Å². The van der Waals surface area contributed by atoms with Gasteiger partial charge in [0.1, 0.15) is 23.6 Å². The summed E-state index contributed by atoms with van der Waals surface area (Å²) >= 11 is 0. The summed E-state index contributed by atoms with van der Waals surface area (Å²) in [7, 11) is -0.641. The largest absolute Gasteiger partial charge is 0.497 e. The first-order valence-corrected chi connectivity index (χ1v) is 19.8. The lowest BCUT2D eigenvalue weighted by atomic mass is 9.77. The van der Waals surface area contributed by atoms with Gasteiger partial charge < -0.3 is 24.0 Å². The van der Waals surface area contributed by atoms with Crippen molar-refractivity contribution in [3.05, 3.63) is 118 Å². The number of hydrogen-bond donors (Lipinski definition) is 2. The maximum absolute atomic E-state index is 13.7. The van der Waals surface area contributed by atoms with Crippen molar-refractivity contribution in [2.45, 2.75) is 82.8 Å². The van der Waals surface area contributed by atoms with E-state index in [4.69, 9.17) is 23.6 Å². The van der Waals surface area contributed by atoms with Gasteiger partial charge in [-0.15, -0.1) is 0 Å². The van der Waals surface area contributed by atoms with Crippen LogP contribution >= 0.6 is 0 Å². The molecule has 0 aliphatic carbocycles. The Hall–Kier alpha value is -4.78. The maximum atomic E-state index is 13.7. The summed E-state index contributed by atoms with van der Waals surface area (Å²) in [6.07, 6.45) is 0.0439. The fraction of sp³-hybridized carbons (Fsp3) is 0.368. The molecule has 6 rings (SSSR count). The van der Waals surface area contributed by atoms with Crippen molar-refractivity contribution in [2.75, 3.05) is 12.4 Å². The minimum atomic E-state index is -2.27. The minimum Gasteiger partial charge on any atom is -0.497 e. The van der Waals surface area contributed by atoms with Crippen molar-refractivity contribution in [3.8, 4) is 5.75 Å². The van der Waals surface area contributed by atoms with Crippen LogP contribution in [0.2, 0.25) is 18.1 Å². The van der Waals surface area contributed by atoms with E-state index < -0.39 is 38.0 Å². The zero-order valence-corrected chi connectivity index (χ0v) is 30.6. The Labute approximate surface area is 293 Å². The predicted octanol–water partition coefficient (Wildman–Crippen LogP) is 7.12. The van der Waals surface area contributed by atoms with E-state index in [9.17, 15) is 9.59 Å². The first-order chi connectivity index (χ1) is 23.9. The number of nitrogens with zero attached hydrogens (tertiary/aromatic N) is 3. The van der Waals surface area contributed by atoms with Crippen LogP contribution in [0.1, 0.15) is 63.5 Å². The summed E-state index contributed by atoms with van der Waals surface area (Å²) in [5, 5.41) is 3.57. The Morgan fingerprint density at radius 1 is 0.980 bits per heavy atom. The molecular formula is C38H45N5O6Si. The van der Waals surface area contributed by atoms with Gasteiger partial charge in [0.05, 0.1) is 13.4 Å². The first-order valence-electron chi connectivity index (χ1n) is 16.9. The molecule has 1 aliphatic rings. The topological polar surface area (TPSA) is 130 Å².